The van der Waals surface area contributed by atoms with Crippen LogP contribution < -0.4 is 10.5 Å². The van der Waals surface area contributed by atoms with Crippen molar-refractivity contribution in [2.45, 2.75) is 6.61 Å². The maximum Gasteiger partial charge on any atom is 0.131 e. The highest BCUT2D eigenvalue weighted by Crippen LogP contribution is 2.26. The summed E-state index contributed by atoms with van der Waals surface area (Å²) in [4.78, 5) is 4.43. The third kappa shape index (κ3) is 3.65. The van der Waals surface area contributed by atoms with Crippen LogP contribution in [0.15, 0.2) is 41.0 Å². The van der Waals surface area contributed by atoms with Crippen molar-refractivity contribution in [1.82, 2.24) is 4.98 Å². The van der Waals surface area contributed by atoms with E-state index in [0.29, 0.717) is 22.9 Å². The SMILES string of the molecule is NC(=S)c1c(Cl)cccc1OCc1ccc(Br)cn1. The Labute approximate surface area is 129 Å². The molecule has 6 heteroatoms. The number of hydrogen-bond acceptors (Lipinski definition) is 3. The summed E-state index contributed by atoms with van der Waals surface area (Å²) in [6, 6.07) is 9.06. The second-order valence-corrected chi connectivity index (χ2v) is 5.50. The number of thiocarbonyl (C=S) groups is 1. The molecule has 0 atom stereocenters. The van der Waals surface area contributed by atoms with Crippen LogP contribution in [0.3, 0.4) is 0 Å². The molecule has 0 unspecified atom stereocenters. The first-order valence-electron chi connectivity index (χ1n) is 5.39. The van der Waals surface area contributed by atoms with E-state index in [1.165, 1.54) is 0 Å². The summed E-state index contributed by atoms with van der Waals surface area (Å²) in [6.07, 6.45) is 1.71. The predicted octanol–water partition coefficient (Wildman–Crippen LogP) is 3.71. The molecule has 98 valence electrons. The Morgan fingerprint density at radius 2 is 2.16 bits per heavy atom. The number of hydrogen-bond donors (Lipinski definition) is 1. The third-order valence-electron chi connectivity index (χ3n) is 2.39. The molecule has 0 bridgehead atoms. The summed E-state index contributed by atoms with van der Waals surface area (Å²) >= 11 is 14.4. The lowest BCUT2D eigenvalue weighted by molar-refractivity contribution is 0.301. The zero-order valence-corrected chi connectivity index (χ0v) is 12.9. The standard InChI is InChI=1S/C13H10BrClN2OS/c14-8-4-5-9(17-6-8)7-18-11-3-1-2-10(15)12(11)13(16)19/h1-6H,7H2,(H2,16,19). The van der Waals surface area contributed by atoms with Crippen molar-refractivity contribution in [3.63, 3.8) is 0 Å². The molecule has 0 aliphatic rings. The Balaban J connectivity index is 2.18. The van der Waals surface area contributed by atoms with Crippen molar-refractivity contribution in [1.29, 1.82) is 0 Å². The minimum Gasteiger partial charge on any atom is -0.487 e. The summed E-state index contributed by atoms with van der Waals surface area (Å²) < 4.78 is 6.59. The van der Waals surface area contributed by atoms with Crippen molar-refractivity contribution in [3.05, 3.63) is 57.3 Å². The van der Waals surface area contributed by atoms with Gasteiger partial charge in [0, 0.05) is 10.7 Å². The zero-order chi connectivity index (χ0) is 13.8. The molecule has 1 heterocycles. The number of rotatable bonds is 4. The number of ether oxygens (including phenoxy) is 1. The molecule has 0 saturated heterocycles. The molecule has 1 aromatic carbocycles. The molecule has 3 nitrogen and oxygen atoms in total. The topological polar surface area (TPSA) is 48.1 Å². The normalized spacial score (nSPS) is 10.2. The van der Waals surface area contributed by atoms with Gasteiger partial charge in [0.1, 0.15) is 17.3 Å². The van der Waals surface area contributed by atoms with Gasteiger partial charge in [0.15, 0.2) is 0 Å². The van der Waals surface area contributed by atoms with E-state index in [0.717, 1.165) is 10.2 Å². The van der Waals surface area contributed by atoms with E-state index in [9.17, 15) is 0 Å². The lowest BCUT2D eigenvalue weighted by Crippen LogP contribution is -2.12. The largest absolute Gasteiger partial charge is 0.487 e. The summed E-state index contributed by atoms with van der Waals surface area (Å²) in [6.45, 7) is 0.323. The van der Waals surface area contributed by atoms with E-state index in [4.69, 9.17) is 34.3 Å². The highest BCUT2D eigenvalue weighted by molar-refractivity contribution is 9.10. The van der Waals surface area contributed by atoms with E-state index >= 15 is 0 Å². The Hall–Kier alpha value is -1.17. The van der Waals surface area contributed by atoms with E-state index in [1.54, 1.807) is 24.4 Å². The molecule has 2 N–H and O–H groups in total. The van der Waals surface area contributed by atoms with Crippen LogP contribution in [0.5, 0.6) is 5.75 Å². The number of benzene rings is 1. The third-order valence-corrected chi connectivity index (χ3v) is 3.37. The quantitative estimate of drug-likeness (QED) is 0.847. The lowest BCUT2D eigenvalue weighted by Gasteiger charge is -2.11. The Bertz CT molecular complexity index is 604. The Morgan fingerprint density at radius 1 is 1.37 bits per heavy atom. The van der Waals surface area contributed by atoms with Gasteiger partial charge in [-0.25, -0.2) is 0 Å². The van der Waals surface area contributed by atoms with Gasteiger partial charge < -0.3 is 10.5 Å². The maximum atomic E-state index is 6.06. The molecule has 0 fully saturated rings. The molecule has 0 aliphatic carbocycles. The molecule has 1 aromatic heterocycles. The fraction of sp³-hybridized carbons (Fsp3) is 0.0769. The van der Waals surface area contributed by atoms with E-state index in [-0.39, 0.29) is 4.99 Å². The Morgan fingerprint density at radius 3 is 2.79 bits per heavy atom. The first-order valence-corrected chi connectivity index (χ1v) is 6.97. The number of aromatic nitrogens is 1. The number of nitrogens with two attached hydrogens (primary N) is 1. The zero-order valence-electron chi connectivity index (χ0n) is 9.77. The summed E-state index contributed by atoms with van der Waals surface area (Å²) in [5.41, 5.74) is 7.00. The molecule has 0 saturated carbocycles. The number of pyridine rings is 1. The first kappa shape index (κ1) is 14.2. The number of nitrogens with zero attached hydrogens (tertiary/aromatic N) is 1. The van der Waals surface area contributed by atoms with Gasteiger partial charge in [-0.05, 0) is 40.2 Å². The second-order valence-electron chi connectivity index (χ2n) is 3.73. The fourth-order valence-corrected chi connectivity index (χ4v) is 2.28. The van der Waals surface area contributed by atoms with Gasteiger partial charge in [0.2, 0.25) is 0 Å². The number of halogens is 2. The Kier molecular flexibility index (Phi) is 4.74. The highest BCUT2D eigenvalue weighted by Gasteiger charge is 2.11. The van der Waals surface area contributed by atoms with Crippen molar-refractivity contribution in [2.75, 3.05) is 0 Å². The van der Waals surface area contributed by atoms with Crippen molar-refractivity contribution in [2.24, 2.45) is 5.73 Å². The molecule has 19 heavy (non-hydrogen) atoms. The van der Waals surface area contributed by atoms with Crippen LogP contribution in [0.2, 0.25) is 5.02 Å². The van der Waals surface area contributed by atoms with E-state index in [1.807, 2.05) is 12.1 Å². The minimum atomic E-state index is 0.212. The van der Waals surface area contributed by atoms with Gasteiger partial charge >= 0.3 is 0 Å². The molecule has 0 spiro atoms. The molecule has 0 aliphatic heterocycles. The van der Waals surface area contributed by atoms with Gasteiger partial charge in [-0.2, -0.15) is 0 Å². The van der Waals surface area contributed by atoms with Gasteiger partial charge in [0.25, 0.3) is 0 Å². The second kappa shape index (κ2) is 6.32. The molecular weight excluding hydrogens is 348 g/mol. The smallest absolute Gasteiger partial charge is 0.131 e. The van der Waals surface area contributed by atoms with Crippen LogP contribution in [0.4, 0.5) is 0 Å². The maximum absolute atomic E-state index is 6.06. The summed E-state index contributed by atoms with van der Waals surface area (Å²) in [5.74, 6) is 0.560. The van der Waals surface area contributed by atoms with E-state index in [2.05, 4.69) is 20.9 Å². The van der Waals surface area contributed by atoms with Crippen LogP contribution in [-0.2, 0) is 6.61 Å². The summed E-state index contributed by atoms with van der Waals surface area (Å²) in [7, 11) is 0. The molecule has 2 rings (SSSR count). The lowest BCUT2D eigenvalue weighted by atomic mass is 10.2. The predicted molar refractivity (Wildman–Crippen MR) is 83.6 cm³/mol. The van der Waals surface area contributed by atoms with Crippen LogP contribution in [0, 0.1) is 0 Å². The van der Waals surface area contributed by atoms with Gasteiger partial charge in [-0.3, -0.25) is 4.98 Å². The first-order chi connectivity index (χ1) is 9.08. The average molecular weight is 358 g/mol. The van der Waals surface area contributed by atoms with E-state index < -0.39 is 0 Å². The summed E-state index contributed by atoms with van der Waals surface area (Å²) in [5, 5.41) is 0.480. The molecule has 2 aromatic rings. The van der Waals surface area contributed by atoms with Crippen molar-refractivity contribution < 1.29 is 4.74 Å². The molecular formula is C13H10BrClN2OS. The van der Waals surface area contributed by atoms with Gasteiger partial charge in [0.05, 0.1) is 16.3 Å². The monoisotopic (exact) mass is 356 g/mol. The van der Waals surface area contributed by atoms with Crippen LogP contribution in [0.1, 0.15) is 11.3 Å². The molecule has 0 radical (unpaired) electrons. The van der Waals surface area contributed by atoms with Crippen LogP contribution >= 0.6 is 39.7 Å². The minimum absolute atomic E-state index is 0.212. The highest BCUT2D eigenvalue weighted by atomic mass is 79.9. The van der Waals surface area contributed by atoms with Gasteiger partial charge in [-0.15, -0.1) is 0 Å². The van der Waals surface area contributed by atoms with Crippen LogP contribution in [0.25, 0.3) is 0 Å². The van der Waals surface area contributed by atoms with Crippen LogP contribution in [-0.4, -0.2) is 9.97 Å². The van der Waals surface area contributed by atoms with Crippen molar-refractivity contribution >= 4 is 44.7 Å². The fourth-order valence-electron chi connectivity index (χ4n) is 1.51. The average Bonchev–Trinajstić information content (AvgIpc) is 2.37. The molecule has 0 amide bonds. The van der Waals surface area contributed by atoms with Gasteiger partial charge in [-0.1, -0.05) is 29.9 Å². The van der Waals surface area contributed by atoms with Crippen molar-refractivity contribution in [3.8, 4) is 5.75 Å².